The highest BCUT2D eigenvalue weighted by atomic mass is 16.6. The molecule has 0 rings (SSSR count). The predicted octanol–water partition coefficient (Wildman–Crippen LogP) is 19.5. The maximum absolute atomic E-state index is 12.8. The third-order valence-electron chi connectivity index (χ3n) is 12.0. The van der Waals surface area contributed by atoms with Gasteiger partial charge in [-0.2, -0.15) is 0 Å². The summed E-state index contributed by atoms with van der Waals surface area (Å²) in [6, 6.07) is 0. The van der Waals surface area contributed by atoms with Crippen LogP contribution < -0.4 is 0 Å². The molecule has 1 atom stereocenters. The first kappa shape index (κ1) is 66.1. The van der Waals surface area contributed by atoms with Gasteiger partial charge < -0.3 is 14.2 Å². The number of ether oxygens (including phenoxy) is 3. The van der Waals surface area contributed by atoms with Gasteiger partial charge in [0.05, 0.1) is 0 Å². The molecule has 398 valence electrons. The Labute approximate surface area is 431 Å². The van der Waals surface area contributed by atoms with E-state index in [1.807, 2.05) is 12.2 Å². The van der Waals surface area contributed by atoms with Crippen molar-refractivity contribution in [2.75, 3.05) is 13.2 Å². The summed E-state index contributed by atoms with van der Waals surface area (Å²) in [6.45, 7) is 6.34. The molecule has 0 radical (unpaired) electrons. The Morgan fingerprint density at radius 2 is 0.586 bits per heavy atom. The second kappa shape index (κ2) is 57.6. The van der Waals surface area contributed by atoms with Gasteiger partial charge in [-0.15, -0.1) is 0 Å². The third kappa shape index (κ3) is 55.0. The lowest BCUT2D eigenvalue weighted by atomic mass is 10.0. The zero-order chi connectivity index (χ0) is 50.7. The first-order valence-electron chi connectivity index (χ1n) is 28.9. The number of hydrogen-bond donors (Lipinski definition) is 0. The van der Waals surface area contributed by atoms with Crippen LogP contribution in [0, 0.1) is 0 Å². The van der Waals surface area contributed by atoms with E-state index < -0.39 is 12.1 Å². The van der Waals surface area contributed by atoms with Crippen molar-refractivity contribution in [2.24, 2.45) is 0 Å². The molecule has 0 N–H and O–H groups in total. The number of carbonyl (C=O) groups excluding carboxylic acids is 3. The highest BCUT2D eigenvalue weighted by Gasteiger charge is 2.19. The third-order valence-corrected chi connectivity index (χ3v) is 12.0. The molecule has 0 fully saturated rings. The highest BCUT2D eigenvalue weighted by Crippen LogP contribution is 2.15. The van der Waals surface area contributed by atoms with E-state index in [9.17, 15) is 14.4 Å². The fraction of sp³-hybridized carbons (Fsp3) is 0.672. The second-order valence-corrected chi connectivity index (χ2v) is 18.8. The molecule has 6 heteroatoms. The van der Waals surface area contributed by atoms with Gasteiger partial charge in [0.25, 0.3) is 0 Å². The zero-order valence-corrected chi connectivity index (χ0v) is 45.5. The van der Waals surface area contributed by atoms with Crippen LogP contribution in [0.1, 0.15) is 258 Å². The van der Waals surface area contributed by atoms with E-state index in [-0.39, 0.29) is 31.6 Å². The van der Waals surface area contributed by atoms with Gasteiger partial charge in [0.1, 0.15) is 13.2 Å². The summed E-state index contributed by atoms with van der Waals surface area (Å²) in [6.07, 6.45) is 78.2. The van der Waals surface area contributed by atoms with Gasteiger partial charge in [-0.3, -0.25) is 14.4 Å². The van der Waals surface area contributed by atoms with Crippen molar-refractivity contribution in [3.63, 3.8) is 0 Å². The molecule has 0 aliphatic rings. The summed E-state index contributed by atoms with van der Waals surface area (Å²) < 4.78 is 16.8. The van der Waals surface area contributed by atoms with Crippen molar-refractivity contribution < 1.29 is 28.6 Å². The average Bonchev–Trinajstić information content (AvgIpc) is 3.36. The van der Waals surface area contributed by atoms with Gasteiger partial charge in [0.15, 0.2) is 6.10 Å². The number of esters is 3. The van der Waals surface area contributed by atoms with E-state index in [2.05, 4.69) is 118 Å². The minimum atomic E-state index is -0.816. The molecule has 0 heterocycles. The Morgan fingerprint density at radius 1 is 0.300 bits per heavy atom. The van der Waals surface area contributed by atoms with Crippen LogP contribution in [0.5, 0.6) is 0 Å². The predicted molar refractivity (Wildman–Crippen MR) is 302 cm³/mol. The molecular weight excluding hydrogens is 865 g/mol. The van der Waals surface area contributed by atoms with Crippen molar-refractivity contribution in [1.82, 2.24) is 0 Å². The molecule has 0 amide bonds. The molecule has 0 aliphatic carbocycles. The van der Waals surface area contributed by atoms with Gasteiger partial charge >= 0.3 is 17.9 Å². The SMILES string of the molecule is CC/C=C\C/C=C\C/C=C\C/C=C\C/C=C\CCCCCCCCCCCCCC(=O)OCC(COC(=O)CCCCCCCCCCCCCC)OC(=O)CC/C=C\C/C=C\C/C=C\C/C=C\CC. The summed E-state index contributed by atoms with van der Waals surface area (Å²) in [4.78, 5) is 38.0. The first-order valence-corrected chi connectivity index (χ1v) is 28.9. The van der Waals surface area contributed by atoms with Crippen LogP contribution in [0.25, 0.3) is 0 Å². The number of unbranched alkanes of at least 4 members (excludes halogenated alkanes) is 22. The summed E-state index contributed by atoms with van der Waals surface area (Å²) >= 11 is 0. The minimum absolute atomic E-state index is 0.106. The first-order chi connectivity index (χ1) is 34.5. The summed E-state index contributed by atoms with van der Waals surface area (Å²) in [7, 11) is 0. The monoisotopic (exact) mass is 971 g/mol. The lowest BCUT2D eigenvalue weighted by Gasteiger charge is -2.18. The van der Waals surface area contributed by atoms with Crippen molar-refractivity contribution in [3.8, 4) is 0 Å². The molecule has 0 saturated carbocycles. The molecule has 0 bridgehead atoms. The molecule has 0 aromatic heterocycles. The van der Waals surface area contributed by atoms with E-state index in [0.717, 1.165) is 96.3 Å². The van der Waals surface area contributed by atoms with E-state index in [1.165, 1.54) is 116 Å². The molecule has 6 nitrogen and oxygen atoms in total. The maximum atomic E-state index is 12.8. The van der Waals surface area contributed by atoms with Gasteiger partial charge in [-0.05, 0) is 89.9 Å². The molecule has 0 spiro atoms. The van der Waals surface area contributed by atoms with Crippen molar-refractivity contribution >= 4 is 17.9 Å². The number of carbonyl (C=O) groups is 3. The molecule has 70 heavy (non-hydrogen) atoms. The number of rotatable bonds is 51. The highest BCUT2D eigenvalue weighted by molar-refractivity contribution is 5.71. The van der Waals surface area contributed by atoms with E-state index in [1.54, 1.807) is 0 Å². The van der Waals surface area contributed by atoms with Crippen molar-refractivity contribution in [1.29, 1.82) is 0 Å². The summed E-state index contributed by atoms with van der Waals surface area (Å²) in [5, 5.41) is 0. The lowest BCUT2D eigenvalue weighted by Crippen LogP contribution is -2.30. The van der Waals surface area contributed by atoms with E-state index in [4.69, 9.17) is 14.2 Å². The molecule has 0 aromatic carbocycles. The summed E-state index contributed by atoms with van der Waals surface area (Å²) in [5.74, 6) is -0.991. The van der Waals surface area contributed by atoms with Crippen LogP contribution >= 0.6 is 0 Å². The lowest BCUT2D eigenvalue weighted by molar-refractivity contribution is -0.166. The van der Waals surface area contributed by atoms with E-state index >= 15 is 0 Å². The van der Waals surface area contributed by atoms with Crippen LogP contribution in [0.15, 0.2) is 109 Å². The fourth-order valence-electron chi connectivity index (χ4n) is 7.78. The van der Waals surface area contributed by atoms with Gasteiger partial charge in [-0.25, -0.2) is 0 Å². The number of allylic oxidation sites excluding steroid dienone is 18. The molecule has 0 aliphatic heterocycles. The Hall–Kier alpha value is -3.93. The summed E-state index contributed by atoms with van der Waals surface area (Å²) in [5.41, 5.74) is 0. The van der Waals surface area contributed by atoms with Crippen molar-refractivity contribution in [3.05, 3.63) is 109 Å². The largest absolute Gasteiger partial charge is 0.462 e. The Bertz CT molecular complexity index is 1440. The Morgan fingerprint density at radius 3 is 0.929 bits per heavy atom. The van der Waals surface area contributed by atoms with Gasteiger partial charge in [0.2, 0.25) is 0 Å². The van der Waals surface area contributed by atoms with E-state index in [0.29, 0.717) is 19.3 Å². The van der Waals surface area contributed by atoms with Crippen LogP contribution in [-0.4, -0.2) is 37.2 Å². The Kier molecular flexibility index (Phi) is 54.4. The molecular formula is C64H106O6. The minimum Gasteiger partial charge on any atom is -0.462 e. The van der Waals surface area contributed by atoms with Crippen LogP contribution in [0.4, 0.5) is 0 Å². The molecule has 0 saturated heterocycles. The maximum Gasteiger partial charge on any atom is 0.306 e. The quantitative estimate of drug-likeness (QED) is 0.0262. The van der Waals surface area contributed by atoms with Gasteiger partial charge in [-0.1, -0.05) is 259 Å². The van der Waals surface area contributed by atoms with Crippen LogP contribution in [-0.2, 0) is 28.6 Å². The van der Waals surface area contributed by atoms with Crippen molar-refractivity contribution in [2.45, 2.75) is 264 Å². The topological polar surface area (TPSA) is 78.9 Å². The standard InChI is InChI=1S/C64H106O6/c1-4-7-10-13-16-19-22-25-26-27-28-29-30-31-32-33-34-35-36-37-38-40-42-45-48-51-54-57-63(66)69-60-61(59-68-62(65)56-53-50-47-44-41-24-21-18-15-12-9-6-3)70-64(67)58-55-52-49-46-43-39-23-20-17-14-11-8-5-2/h7-8,10-11,16-17,19-20,25-26,28-29,31-32,39,43,49,52,61H,4-6,9,12-15,18,21-24,27,30,33-38,40-42,44-48,50-51,53-60H2,1-3H3/b10-7-,11-8-,19-16-,20-17-,26-25-,29-28-,32-31-,43-39-,52-49-. The van der Waals surface area contributed by atoms with Gasteiger partial charge in [0, 0.05) is 19.3 Å². The smallest absolute Gasteiger partial charge is 0.306 e. The zero-order valence-electron chi connectivity index (χ0n) is 45.5. The fourth-order valence-corrected chi connectivity index (χ4v) is 7.78. The van der Waals surface area contributed by atoms with Crippen LogP contribution in [0.2, 0.25) is 0 Å². The number of hydrogen-bond acceptors (Lipinski definition) is 6. The second-order valence-electron chi connectivity index (χ2n) is 18.8. The normalized spacial score (nSPS) is 12.9. The average molecular weight is 972 g/mol. The molecule has 1 unspecified atom stereocenters. The molecule has 0 aromatic rings. The Balaban J connectivity index is 4.30. The van der Waals surface area contributed by atoms with Crippen LogP contribution in [0.3, 0.4) is 0 Å².